The summed E-state index contributed by atoms with van der Waals surface area (Å²) in [6.45, 7) is 4.26. The van der Waals surface area contributed by atoms with E-state index >= 15 is 0 Å². The Morgan fingerprint density at radius 3 is 2.61 bits per heavy atom. The summed E-state index contributed by atoms with van der Waals surface area (Å²) in [5, 5.41) is 7.04. The van der Waals surface area contributed by atoms with Crippen molar-refractivity contribution in [2.24, 2.45) is 0 Å². The van der Waals surface area contributed by atoms with Crippen molar-refractivity contribution in [2.45, 2.75) is 13.8 Å². The van der Waals surface area contributed by atoms with Crippen molar-refractivity contribution in [3.8, 4) is 0 Å². The Morgan fingerprint density at radius 2 is 1.74 bits per heavy atom. The van der Waals surface area contributed by atoms with Gasteiger partial charge in [-0.05, 0) is 30.9 Å². The van der Waals surface area contributed by atoms with Crippen molar-refractivity contribution in [2.75, 3.05) is 5.32 Å². The first-order valence-electron chi connectivity index (χ1n) is 7.19. The van der Waals surface area contributed by atoms with Gasteiger partial charge < -0.3 is 5.32 Å². The van der Waals surface area contributed by atoms with Crippen molar-refractivity contribution in [3.05, 3.63) is 59.2 Å². The van der Waals surface area contributed by atoms with E-state index in [1.807, 2.05) is 0 Å². The molecule has 4 rings (SSSR count). The molecule has 1 N–H and O–H groups in total. The van der Waals surface area contributed by atoms with Crippen LogP contribution in [0, 0.1) is 13.8 Å². The number of hydrogen-bond donors (Lipinski definition) is 1. The summed E-state index contributed by atoms with van der Waals surface area (Å²) >= 11 is 1.72. The molecule has 0 saturated carbocycles. The van der Waals surface area contributed by atoms with Gasteiger partial charge in [0.15, 0.2) is 0 Å². The molecule has 2 aromatic heterocycles. The third kappa shape index (κ3) is 2.64. The van der Waals surface area contributed by atoms with Crippen molar-refractivity contribution in [3.63, 3.8) is 0 Å². The average Bonchev–Trinajstić information content (AvgIpc) is 2.83. The van der Waals surface area contributed by atoms with Gasteiger partial charge in [0.05, 0.1) is 5.39 Å². The maximum Gasteiger partial charge on any atom is 0.142 e. The summed E-state index contributed by atoms with van der Waals surface area (Å²) < 4.78 is 0. The number of fused-ring (bicyclic) bond motifs is 2. The molecular formula is C18H16ClN3S. The van der Waals surface area contributed by atoms with Gasteiger partial charge in [0.1, 0.15) is 17.0 Å². The van der Waals surface area contributed by atoms with E-state index in [0.29, 0.717) is 0 Å². The summed E-state index contributed by atoms with van der Waals surface area (Å²) in [5.74, 6) is 0.878. The van der Waals surface area contributed by atoms with E-state index in [0.717, 1.165) is 21.7 Å². The van der Waals surface area contributed by atoms with Crippen LogP contribution >= 0.6 is 23.7 Å². The molecule has 0 fully saturated rings. The number of rotatable bonds is 2. The number of anilines is 2. The molecule has 0 aliphatic rings. The largest absolute Gasteiger partial charge is 0.339 e. The van der Waals surface area contributed by atoms with Gasteiger partial charge in [0.2, 0.25) is 0 Å². The highest BCUT2D eigenvalue weighted by molar-refractivity contribution is 7.18. The van der Waals surface area contributed by atoms with Crippen LogP contribution < -0.4 is 5.32 Å². The summed E-state index contributed by atoms with van der Waals surface area (Å²) in [5.41, 5.74) is 2.32. The fourth-order valence-corrected chi connectivity index (χ4v) is 3.74. The monoisotopic (exact) mass is 341 g/mol. The Morgan fingerprint density at radius 1 is 0.957 bits per heavy atom. The fraction of sp³-hybridized carbons (Fsp3) is 0.111. The summed E-state index contributed by atoms with van der Waals surface area (Å²) in [6, 6.07) is 14.6. The lowest BCUT2D eigenvalue weighted by Crippen LogP contribution is -1.96. The zero-order valence-corrected chi connectivity index (χ0v) is 14.5. The van der Waals surface area contributed by atoms with Crippen LogP contribution in [0.15, 0.2) is 48.8 Å². The highest BCUT2D eigenvalue weighted by atomic mass is 35.5. The minimum absolute atomic E-state index is 0. The van der Waals surface area contributed by atoms with E-state index in [1.165, 1.54) is 21.2 Å². The highest BCUT2D eigenvalue weighted by Crippen LogP contribution is 2.35. The van der Waals surface area contributed by atoms with E-state index < -0.39 is 0 Å². The van der Waals surface area contributed by atoms with Gasteiger partial charge in [-0.25, -0.2) is 9.97 Å². The Balaban J connectivity index is 0.00000156. The molecule has 3 nitrogen and oxygen atoms in total. The quantitative estimate of drug-likeness (QED) is 0.513. The smallest absolute Gasteiger partial charge is 0.142 e. The molecule has 0 atom stereocenters. The number of halogens is 1. The number of benzene rings is 2. The van der Waals surface area contributed by atoms with Crippen molar-refractivity contribution in [1.82, 2.24) is 9.97 Å². The lowest BCUT2D eigenvalue weighted by molar-refractivity contribution is 1.23. The molecule has 4 aromatic rings. The topological polar surface area (TPSA) is 37.8 Å². The first kappa shape index (κ1) is 15.7. The van der Waals surface area contributed by atoms with Crippen LogP contribution in [-0.4, -0.2) is 9.97 Å². The van der Waals surface area contributed by atoms with Gasteiger partial charge in [0.25, 0.3) is 0 Å². The van der Waals surface area contributed by atoms with Gasteiger partial charge >= 0.3 is 0 Å². The second-order valence-corrected chi connectivity index (χ2v) is 6.54. The Bertz CT molecular complexity index is 989. The van der Waals surface area contributed by atoms with Crippen LogP contribution in [0.3, 0.4) is 0 Å². The zero-order valence-electron chi connectivity index (χ0n) is 12.8. The van der Waals surface area contributed by atoms with Crippen molar-refractivity contribution in [1.29, 1.82) is 0 Å². The molecule has 2 heterocycles. The van der Waals surface area contributed by atoms with Crippen molar-refractivity contribution >= 4 is 56.2 Å². The molecule has 0 aliphatic heterocycles. The predicted octanol–water partition coefficient (Wildman–Crippen LogP) is 5.63. The second-order valence-electron chi connectivity index (χ2n) is 5.34. The fourth-order valence-electron chi connectivity index (χ4n) is 2.74. The number of hydrogen-bond acceptors (Lipinski definition) is 4. The summed E-state index contributed by atoms with van der Waals surface area (Å²) in [4.78, 5) is 11.2. The van der Waals surface area contributed by atoms with Crippen molar-refractivity contribution < 1.29 is 0 Å². The number of aryl methyl sites for hydroxylation is 2. The first-order chi connectivity index (χ1) is 10.7. The van der Waals surface area contributed by atoms with Gasteiger partial charge in [-0.3, -0.25) is 0 Å². The zero-order chi connectivity index (χ0) is 15.1. The van der Waals surface area contributed by atoms with E-state index in [1.54, 1.807) is 17.7 Å². The van der Waals surface area contributed by atoms with Gasteiger partial charge in [0, 0.05) is 16.0 Å². The molecule has 0 unspecified atom stereocenters. The molecule has 23 heavy (non-hydrogen) atoms. The van der Waals surface area contributed by atoms with Crippen LogP contribution in [0.4, 0.5) is 11.5 Å². The van der Waals surface area contributed by atoms with Crippen LogP contribution in [0.2, 0.25) is 0 Å². The predicted molar refractivity (Wildman–Crippen MR) is 101 cm³/mol. The van der Waals surface area contributed by atoms with Gasteiger partial charge in [-0.1, -0.05) is 36.4 Å². The summed E-state index contributed by atoms with van der Waals surface area (Å²) in [6.07, 6.45) is 1.63. The Labute approximate surface area is 144 Å². The number of thiophene rings is 1. The third-order valence-electron chi connectivity index (χ3n) is 4.01. The van der Waals surface area contributed by atoms with Gasteiger partial charge in [-0.2, -0.15) is 0 Å². The maximum absolute atomic E-state index is 4.47. The summed E-state index contributed by atoms with van der Waals surface area (Å²) in [7, 11) is 0. The van der Waals surface area contributed by atoms with Gasteiger partial charge in [-0.15, -0.1) is 23.7 Å². The molecule has 5 heteroatoms. The minimum atomic E-state index is 0. The Kier molecular flexibility index (Phi) is 4.20. The van der Waals surface area contributed by atoms with Crippen LogP contribution in [-0.2, 0) is 0 Å². The van der Waals surface area contributed by atoms with Crippen LogP contribution in [0.25, 0.3) is 21.0 Å². The molecule has 0 saturated heterocycles. The molecular weight excluding hydrogens is 326 g/mol. The molecule has 0 bridgehead atoms. The minimum Gasteiger partial charge on any atom is -0.339 e. The van der Waals surface area contributed by atoms with E-state index in [-0.39, 0.29) is 12.4 Å². The van der Waals surface area contributed by atoms with Crippen LogP contribution in [0.5, 0.6) is 0 Å². The molecule has 116 valence electrons. The number of nitrogens with zero attached hydrogens (tertiary/aromatic N) is 2. The second kappa shape index (κ2) is 6.14. The van der Waals surface area contributed by atoms with E-state index in [9.17, 15) is 0 Å². The number of nitrogens with one attached hydrogen (secondary N) is 1. The lowest BCUT2D eigenvalue weighted by Gasteiger charge is -2.10. The van der Waals surface area contributed by atoms with E-state index in [2.05, 4.69) is 71.6 Å². The molecule has 0 spiro atoms. The van der Waals surface area contributed by atoms with E-state index in [4.69, 9.17) is 0 Å². The normalized spacial score (nSPS) is 10.7. The first-order valence-corrected chi connectivity index (χ1v) is 8.01. The Hall–Kier alpha value is -2.17. The lowest BCUT2D eigenvalue weighted by atomic mass is 10.1. The average molecular weight is 342 g/mol. The molecule has 0 radical (unpaired) electrons. The molecule has 0 aliphatic carbocycles. The number of aromatic nitrogens is 2. The SMILES string of the molecule is Cc1sc2ncnc(Nc3cccc4ccccc34)c2c1C.Cl. The molecule has 0 amide bonds. The maximum atomic E-state index is 4.47. The third-order valence-corrected chi connectivity index (χ3v) is 5.12. The molecule has 2 aromatic carbocycles. The standard InChI is InChI=1S/C18H15N3S.ClH/c1-11-12(2)22-18-16(11)17(19-10-20-18)21-15-9-5-7-13-6-3-4-8-14(13)15;/h3-10H,1-2H3,(H,19,20,21);1H. The highest BCUT2D eigenvalue weighted by Gasteiger charge is 2.12. The van der Waals surface area contributed by atoms with Crippen LogP contribution in [0.1, 0.15) is 10.4 Å².